The Morgan fingerprint density at radius 2 is 1.95 bits per heavy atom. The lowest BCUT2D eigenvalue weighted by Gasteiger charge is -2.32. The topological polar surface area (TPSA) is 61.4 Å². The molecule has 0 aromatic heterocycles. The van der Waals surface area contributed by atoms with Gasteiger partial charge in [-0.05, 0) is 32.2 Å². The van der Waals surface area contributed by atoms with Crippen molar-refractivity contribution >= 4 is 11.8 Å². The van der Waals surface area contributed by atoms with Gasteiger partial charge in [-0.2, -0.15) is 0 Å². The fraction of sp³-hybridized carbons (Fsp3) is 0.867. The summed E-state index contributed by atoms with van der Waals surface area (Å²) < 4.78 is 0. The number of rotatable bonds is 4. The molecule has 2 N–H and O–H groups in total. The van der Waals surface area contributed by atoms with Crippen LogP contribution < -0.4 is 10.6 Å². The molecule has 1 saturated carbocycles. The predicted octanol–water partition coefficient (Wildman–Crippen LogP) is 0.751. The van der Waals surface area contributed by atoms with Gasteiger partial charge in [-0.25, -0.2) is 0 Å². The monoisotopic (exact) mass is 281 g/mol. The van der Waals surface area contributed by atoms with Crippen molar-refractivity contribution in [1.82, 2.24) is 15.5 Å². The molecule has 20 heavy (non-hydrogen) atoms. The number of hydrogen-bond donors (Lipinski definition) is 2. The molecule has 0 aromatic rings. The largest absolute Gasteiger partial charge is 0.355 e. The molecule has 0 aromatic carbocycles. The SMILES string of the molecule is CN(C)C(=O)C1(CNC(=O)C2CCCNC2)CCCC1. The van der Waals surface area contributed by atoms with Gasteiger partial charge < -0.3 is 15.5 Å². The van der Waals surface area contributed by atoms with E-state index in [0.717, 1.165) is 51.6 Å². The summed E-state index contributed by atoms with van der Waals surface area (Å²) in [5.74, 6) is 0.337. The maximum Gasteiger partial charge on any atom is 0.230 e. The van der Waals surface area contributed by atoms with Crippen LogP contribution in [0.5, 0.6) is 0 Å². The number of hydrogen-bond acceptors (Lipinski definition) is 3. The maximum atomic E-state index is 12.4. The van der Waals surface area contributed by atoms with Crippen LogP contribution in [0.15, 0.2) is 0 Å². The molecule has 1 atom stereocenters. The number of piperidine rings is 1. The van der Waals surface area contributed by atoms with Crippen molar-refractivity contribution in [3.63, 3.8) is 0 Å². The lowest BCUT2D eigenvalue weighted by molar-refractivity contribution is -0.139. The Bertz CT molecular complexity index is 356. The Morgan fingerprint density at radius 1 is 1.25 bits per heavy atom. The summed E-state index contributed by atoms with van der Waals surface area (Å²) >= 11 is 0. The summed E-state index contributed by atoms with van der Waals surface area (Å²) in [5, 5.41) is 6.30. The van der Waals surface area contributed by atoms with E-state index in [1.165, 1.54) is 0 Å². The van der Waals surface area contributed by atoms with Crippen LogP contribution in [0.25, 0.3) is 0 Å². The molecule has 1 aliphatic heterocycles. The molecule has 0 bridgehead atoms. The standard InChI is InChI=1S/C15H27N3O2/c1-18(2)14(20)15(7-3-4-8-15)11-17-13(19)12-6-5-9-16-10-12/h12,16H,3-11H2,1-2H3,(H,17,19). The van der Waals surface area contributed by atoms with Gasteiger partial charge in [-0.15, -0.1) is 0 Å². The van der Waals surface area contributed by atoms with E-state index in [0.29, 0.717) is 6.54 Å². The van der Waals surface area contributed by atoms with E-state index in [1.807, 2.05) is 0 Å². The van der Waals surface area contributed by atoms with E-state index in [-0.39, 0.29) is 23.1 Å². The average Bonchev–Trinajstić information content (AvgIpc) is 2.94. The fourth-order valence-corrected chi connectivity index (χ4v) is 3.47. The highest BCUT2D eigenvalue weighted by Crippen LogP contribution is 2.39. The van der Waals surface area contributed by atoms with Gasteiger partial charge in [0.1, 0.15) is 0 Å². The van der Waals surface area contributed by atoms with Gasteiger partial charge in [0.05, 0.1) is 11.3 Å². The highest BCUT2D eigenvalue weighted by atomic mass is 16.2. The normalized spacial score (nSPS) is 25.2. The van der Waals surface area contributed by atoms with Crippen molar-refractivity contribution in [3.05, 3.63) is 0 Å². The molecular weight excluding hydrogens is 254 g/mol. The van der Waals surface area contributed by atoms with Gasteiger partial charge in [0, 0.05) is 27.2 Å². The summed E-state index contributed by atoms with van der Waals surface area (Å²) in [6.07, 6.45) is 5.97. The van der Waals surface area contributed by atoms with E-state index in [4.69, 9.17) is 0 Å². The van der Waals surface area contributed by atoms with Crippen molar-refractivity contribution in [2.24, 2.45) is 11.3 Å². The third-order valence-corrected chi connectivity index (χ3v) is 4.69. The van der Waals surface area contributed by atoms with E-state index >= 15 is 0 Å². The van der Waals surface area contributed by atoms with Crippen LogP contribution in [0.1, 0.15) is 38.5 Å². The summed E-state index contributed by atoms with van der Waals surface area (Å²) in [6.45, 7) is 2.27. The smallest absolute Gasteiger partial charge is 0.230 e. The molecule has 2 rings (SSSR count). The maximum absolute atomic E-state index is 12.4. The van der Waals surface area contributed by atoms with Gasteiger partial charge in [0.2, 0.25) is 11.8 Å². The lowest BCUT2D eigenvalue weighted by atomic mass is 9.84. The minimum atomic E-state index is -0.360. The van der Waals surface area contributed by atoms with Crippen LogP contribution in [0.2, 0.25) is 0 Å². The molecule has 0 radical (unpaired) electrons. The second kappa shape index (κ2) is 6.57. The molecule has 5 heteroatoms. The van der Waals surface area contributed by atoms with Gasteiger partial charge in [0.25, 0.3) is 0 Å². The average molecular weight is 281 g/mol. The quantitative estimate of drug-likeness (QED) is 0.799. The van der Waals surface area contributed by atoms with E-state index in [9.17, 15) is 9.59 Å². The first-order valence-electron chi connectivity index (χ1n) is 7.75. The third-order valence-electron chi connectivity index (χ3n) is 4.69. The number of nitrogens with zero attached hydrogens (tertiary/aromatic N) is 1. The second-order valence-electron chi connectivity index (χ2n) is 6.45. The molecule has 114 valence electrons. The Kier molecular flexibility index (Phi) is 5.02. The molecule has 0 spiro atoms. The summed E-state index contributed by atoms with van der Waals surface area (Å²) in [6, 6.07) is 0. The molecule has 1 heterocycles. The summed E-state index contributed by atoms with van der Waals surface area (Å²) in [4.78, 5) is 26.3. The van der Waals surface area contributed by atoms with E-state index in [2.05, 4.69) is 10.6 Å². The third kappa shape index (κ3) is 3.32. The molecule has 2 fully saturated rings. The zero-order valence-electron chi connectivity index (χ0n) is 12.7. The second-order valence-corrected chi connectivity index (χ2v) is 6.45. The van der Waals surface area contributed by atoms with Gasteiger partial charge in [-0.1, -0.05) is 12.8 Å². The van der Waals surface area contributed by atoms with Gasteiger partial charge in [-0.3, -0.25) is 9.59 Å². The first-order chi connectivity index (χ1) is 9.55. The lowest BCUT2D eigenvalue weighted by Crippen LogP contribution is -2.49. The van der Waals surface area contributed by atoms with Crippen molar-refractivity contribution in [2.75, 3.05) is 33.7 Å². The molecule has 1 unspecified atom stereocenters. The Labute approximate surface area is 121 Å². The number of carbonyl (C=O) groups is 2. The molecular formula is C15H27N3O2. The summed E-state index contributed by atoms with van der Waals surface area (Å²) in [7, 11) is 3.60. The molecule has 1 aliphatic carbocycles. The molecule has 5 nitrogen and oxygen atoms in total. The van der Waals surface area contributed by atoms with Crippen LogP contribution in [-0.4, -0.2) is 50.4 Å². The van der Waals surface area contributed by atoms with Crippen LogP contribution in [-0.2, 0) is 9.59 Å². The molecule has 1 saturated heterocycles. The van der Waals surface area contributed by atoms with Crippen molar-refractivity contribution < 1.29 is 9.59 Å². The molecule has 2 amide bonds. The Balaban J connectivity index is 1.92. The Morgan fingerprint density at radius 3 is 2.50 bits per heavy atom. The summed E-state index contributed by atoms with van der Waals surface area (Å²) in [5.41, 5.74) is -0.360. The first-order valence-corrected chi connectivity index (χ1v) is 7.75. The number of amides is 2. The van der Waals surface area contributed by atoms with E-state index in [1.54, 1.807) is 19.0 Å². The molecule has 2 aliphatic rings. The minimum Gasteiger partial charge on any atom is -0.355 e. The number of nitrogens with one attached hydrogen (secondary N) is 2. The Hall–Kier alpha value is -1.10. The number of carbonyl (C=O) groups excluding carboxylic acids is 2. The van der Waals surface area contributed by atoms with Crippen LogP contribution in [0, 0.1) is 11.3 Å². The van der Waals surface area contributed by atoms with Gasteiger partial charge in [0.15, 0.2) is 0 Å². The highest BCUT2D eigenvalue weighted by Gasteiger charge is 2.42. The van der Waals surface area contributed by atoms with Crippen molar-refractivity contribution in [2.45, 2.75) is 38.5 Å². The predicted molar refractivity (Wildman–Crippen MR) is 78.2 cm³/mol. The van der Waals surface area contributed by atoms with E-state index < -0.39 is 0 Å². The van der Waals surface area contributed by atoms with Crippen LogP contribution in [0.4, 0.5) is 0 Å². The van der Waals surface area contributed by atoms with Crippen LogP contribution in [0.3, 0.4) is 0 Å². The zero-order valence-corrected chi connectivity index (χ0v) is 12.7. The first kappa shape index (κ1) is 15.3. The van der Waals surface area contributed by atoms with Gasteiger partial charge >= 0.3 is 0 Å². The minimum absolute atomic E-state index is 0.0664. The van der Waals surface area contributed by atoms with Crippen LogP contribution >= 0.6 is 0 Å². The zero-order chi connectivity index (χ0) is 14.6. The highest BCUT2D eigenvalue weighted by molar-refractivity contribution is 5.84. The van der Waals surface area contributed by atoms with Crippen molar-refractivity contribution in [3.8, 4) is 0 Å². The fourth-order valence-electron chi connectivity index (χ4n) is 3.47. The van der Waals surface area contributed by atoms with Crippen molar-refractivity contribution in [1.29, 1.82) is 0 Å².